The summed E-state index contributed by atoms with van der Waals surface area (Å²) in [6.07, 6.45) is 0. The van der Waals surface area contributed by atoms with Crippen molar-refractivity contribution in [1.29, 1.82) is 0 Å². The van der Waals surface area contributed by atoms with Crippen molar-refractivity contribution in [3.63, 3.8) is 0 Å². The lowest BCUT2D eigenvalue weighted by atomic mass is 9.92. The molecule has 1 heterocycles. The molecule has 140 valence electrons. The number of benzene rings is 2. The van der Waals surface area contributed by atoms with E-state index in [9.17, 15) is 14.4 Å². The number of hydrogen-bond donors (Lipinski definition) is 2. The second-order valence-corrected chi connectivity index (χ2v) is 7.09. The van der Waals surface area contributed by atoms with Crippen LogP contribution in [-0.4, -0.2) is 29.3 Å². The van der Waals surface area contributed by atoms with Crippen molar-refractivity contribution in [2.45, 2.75) is 25.4 Å². The predicted octanol–water partition coefficient (Wildman–Crippen LogP) is 2.98. The average molecular weight is 386 g/mol. The summed E-state index contributed by atoms with van der Waals surface area (Å²) in [7, 11) is 0. The van der Waals surface area contributed by atoms with E-state index in [4.69, 9.17) is 11.6 Å². The Bertz CT molecular complexity index is 887. The van der Waals surface area contributed by atoms with E-state index in [1.807, 2.05) is 19.1 Å². The van der Waals surface area contributed by atoms with Gasteiger partial charge in [-0.1, -0.05) is 54.1 Å². The normalized spacial score (nSPS) is 20.3. The fourth-order valence-electron chi connectivity index (χ4n) is 3.10. The van der Waals surface area contributed by atoms with Crippen LogP contribution in [0.3, 0.4) is 0 Å². The van der Waals surface area contributed by atoms with Gasteiger partial charge in [0.1, 0.15) is 12.1 Å². The van der Waals surface area contributed by atoms with Gasteiger partial charge in [0, 0.05) is 5.02 Å². The van der Waals surface area contributed by atoms with Gasteiger partial charge < -0.3 is 10.6 Å². The molecule has 1 aliphatic rings. The van der Waals surface area contributed by atoms with E-state index in [0.29, 0.717) is 10.6 Å². The average Bonchev–Trinajstić information content (AvgIpc) is 2.86. The van der Waals surface area contributed by atoms with Crippen molar-refractivity contribution in [3.05, 3.63) is 70.7 Å². The monoisotopic (exact) mass is 385 g/mol. The van der Waals surface area contributed by atoms with Crippen molar-refractivity contribution >= 4 is 29.4 Å². The molecule has 0 aliphatic carbocycles. The molecule has 2 aromatic rings. The highest BCUT2D eigenvalue weighted by Crippen LogP contribution is 2.28. The topological polar surface area (TPSA) is 78.5 Å². The first-order chi connectivity index (χ1) is 12.8. The van der Waals surface area contributed by atoms with Gasteiger partial charge in [-0.2, -0.15) is 0 Å². The second-order valence-electron chi connectivity index (χ2n) is 6.66. The number of hydrogen-bond acceptors (Lipinski definition) is 3. The minimum absolute atomic E-state index is 0.308. The molecule has 0 bridgehead atoms. The summed E-state index contributed by atoms with van der Waals surface area (Å²) in [5.74, 6) is -0.882. The van der Waals surface area contributed by atoms with E-state index in [2.05, 4.69) is 10.6 Å². The Balaban J connectivity index is 1.69. The van der Waals surface area contributed by atoms with E-state index in [-0.39, 0.29) is 12.6 Å². The molecule has 3 rings (SSSR count). The number of urea groups is 1. The van der Waals surface area contributed by atoms with E-state index < -0.39 is 23.4 Å². The molecule has 0 spiro atoms. The summed E-state index contributed by atoms with van der Waals surface area (Å²) in [6, 6.07) is 15.2. The molecule has 0 aromatic heterocycles. The van der Waals surface area contributed by atoms with Crippen LogP contribution in [0.1, 0.15) is 31.0 Å². The molecule has 2 N–H and O–H groups in total. The van der Waals surface area contributed by atoms with Crippen LogP contribution >= 0.6 is 11.6 Å². The van der Waals surface area contributed by atoms with Crippen molar-refractivity contribution in [2.24, 2.45) is 0 Å². The lowest BCUT2D eigenvalue weighted by molar-refractivity contribution is -0.135. The number of amides is 4. The lowest BCUT2D eigenvalue weighted by Crippen LogP contribution is -2.43. The third-order valence-electron chi connectivity index (χ3n) is 4.65. The largest absolute Gasteiger partial charge is 0.348 e. The number of nitrogens with one attached hydrogen (secondary N) is 2. The minimum atomic E-state index is -1.18. The van der Waals surface area contributed by atoms with Gasteiger partial charge >= 0.3 is 6.03 Å². The summed E-state index contributed by atoms with van der Waals surface area (Å²) >= 11 is 5.97. The lowest BCUT2D eigenvalue weighted by Gasteiger charge is -2.22. The predicted molar refractivity (Wildman–Crippen MR) is 102 cm³/mol. The molecular weight excluding hydrogens is 366 g/mol. The molecule has 1 fully saturated rings. The van der Waals surface area contributed by atoms with Crippen LogP contribution in [0.5, 0.6) is 0 Å². The van der Waals surface area contributed by atoms with Crippen LogP contribution in [0, 0.1) is 0 Å². The first-order valence-corrected chi connectivity index (χ1v) is 8.93. The minimum Gasteiger partial charge on any atom is -0.348 e. The molecule has 0 saturated carbocycles. The van der Waals surface area contributed by atoms with Gasteiger partial charge in [0.05, 0.1) is 6.04 Å². The number of carbonyl (C=O) groups is 3. The van der Waals surface area contributed by atoms with Crippen molar-refractivity contribution in [2.75, 3.05) is 6.54 Å². The van der Waals surface area contributed by atoms with Gasteiger partial charge in [-0.15, -0.1) is 0 Å². The maximum Gasteiger partial charge on any atom is 0.325 e. The number of rotatable bonds is 5. The standard InChI is InChI=1S/C20H20ClN3O3/c1-13(14-7-6-10-16(21)11-14)22-17(25)12-24-18(26)20(2,23-19(24)27)15-8-4-3-5-9-15/h3-11,13H,12H2,1-2H3,(H,22,25)(H,23,27)/t13-,20+/m0/s1. The van der Waals surface area contributed by atoms with Gasteiger partial charge in [-0.3, -0.25) is 14.5 Å². The van der Waals surface area contributed by atoms with Crippen LogP contribution in [0.15, 0.2) is 54.6 Å². The summed E-state index contributed by atoms with van der Waals surface area (Å²) in [5.41, 5.74) is 0.317. The SMILES string of the molecule is C[C@H](NC(=O)CN1C(=O)N[C@](C)(c2ccccc2)C1=O)c1cccc(Cl)c1. The molecular formula is C20H20ClN3O3. The maximum absolute atomic E-state index is 12.8. The number of nitrogens with zero attached hydrogens (tertiary/aromatic N) is 1. The molecule has 27 heavy (non-hydrogen) atoms. The van der Waals surface area contributed by atoms with Crippen LogP contribution in [0.25, 0.3) is 0 Å². The van der Waals surface area contributed by atoms with E-state index in [1.54, 1.807) is 49.4 Å². The number of halogens is 1. The van der Waals surface area contributed by atoms with Crippen molar-refractivity contribution in [1.82, 2.24) is 15.5 Å². The Hall–Kier alpha value is -2.86. The zero-order valence-electron chi connectivity index (χ0n) is 15.0. The zero-order valence-corrected chi connectivity index (χ0v) is 15.8. The Kier molecular flexibility index (Phi) is 5.19. The highest BCUT2D eigenvalue weighted by Gasteiger charge is 2.49. The van der Waals surface area contributed by atoms with Crippen LogP contribution < -0.4 is 10.6 Å². The number of carbonyl (C=O) groups excluding carboxylic acids is 3. The Morgan fingerprint density at radius 3 is 2.56 bits per heavy atom. The summed E-state index contributed by atoms with van der Waals surface area (Å²) in [4.78, 5) is 38.5. The third-order valence-corrected chi connectivity index (χ3v) is 4.89. The van der Waals surface area contributed by atoms with Gasteiger partial charge in [0.15, 0.2) is 0 Å². The molecule has 2 aromatic carbocycles. The van der Waals surface area contributed by atoms with Gasteiger partial charge in [-0.05, 0) is 37.1 Å². The van der Waals surface area contributed by atoms with E-state index in [0.717, 1.165) is 10.5 Å². The summed E-state index contributed by atoms with van der Waals surface area (Å²) in [5, 5.41) is 6.04. The van der Waals surface area contributed by atoms with Gasteiger partial charge in [-0.25, -0.2) is 4.79 Å². The maximum atomic E-state index is 12.8. The molecule has 7 heteroatoms. The molecule has 1 aliphatic heterocycles. The summed E-state index contributed by atoms with van der Waals surface area (Å²) in [6.45, 7) is 3.09. The quantitative estimate of drug-likeness (QED) is 0.776. The second kappa shape index (κ2) is 7.40. The molecule has 0 radical (unpaired) electrons. The molecule has 0 unspecified atom stereocenters. The highest BCUT2D eigenvalue weighted by molar-refractivity contribution is 6.30. The molecule has 2 atom stereocenters. The van der Waals surface area contributed by atoms with Crippen LogP contribution in [0.2, 0.25) is 5.02 Å². The van der Waals surface area contributed by atoms with Gasteiger partial charge in [0.2, 0.25) is 5.91 Å². The van der Waals surface area contributed by atoms with Crippen molar-refractivity contribution in [3.8, 4) is 0 Å². The van der Waals surface area contributed by atoms with E-state index >= 15 is 0 Å². The Morgan fingerprint density at radius 1 is 1.19 bits per heavy atom. The first-order valence-electron chi connectivity index (χ1n) is 8.56. The smallest absolute Gasteiger partial charge is 0.325 e. The molecule has 1 saturated heterocycles. The van der Waals surface area contributed by atoms with Crippen molar-refractivity contribution < 1.29 is 14.4 Å². The third kappa shape index (κ3) is 3.80. The first kappa shape index (κ1) is 18.9. The van der Waals surface area contributed by atoms with Crippen LogP contribution in [0.4, 0.5) is 4.79 Å². The van der Waals surface area contributed by atoms with Gasteiger partial charge in [0.25, 0.3) is 5.91 Å². The fraction of sp³-hybridized carbons (Fsp3) is 0.250. The molecule has 4 amide bonds. The Labute approximate surface area is 162 Å². The zero-order chi connectivity index (χ0) is 19.6. The fourth-order valence-corrected chi connectivity index (χ4v) is 3.30. The highest BCUT2D eigenvalue weighted by atomic mass is 35.5. The number of imide groups is 1. The van der Waals surface area contributed by atoms with E-state index in [1.165, 1.54) is 0 Å². The Morgan fingerprint density at radius 2 is 1.89 bits per heavy atom. The van der Waals surface area contributed by atoms with Crippen LogP contribution in [-0.2, 0) is 15.1 Å². The summed E-state index contributed by atoms with van der Waals surface area (Å²) < 4.78 is 0. The molecule has 6 nitrogen and oxygen atoms in total.